The maximum absolute atomic E-state index is 13.7. The van der Waals surface area contributed by atoms with E-state index in [-0.39, 0.29) is 11.1 Å². The summed E-state index contributed by atoms with van der Waals surface area (Å²) in [7, 11) is 0. The molecule has 1 amide bonds. The molecule has 6 nitrogen and oxygen atoms in total. The van der Waals surface area contributed by atoms with Crippen LogP contribution in [0, 0.1) is 29.8 Å². The van der Waals surface area contributed by atoms with Crippen molar-refractivity contribution in [2.24, 2.45) is 0 Å². The third kappa shape index (κ3) is 5.00. The normalized spacial score (nSPS) is 10.4. The van der Waals surface area contributed by atoms with Crippen LogP contribution in [0.5, 0.6) is 5.75 Å². The Kier molecular flexibility index (Phi) is 6.05. The van der Waals surface area contributed by atoms with Crippen molar-refractivity contribution in [3.05, 3.63) is 69.0 Å². The van der Waals surface area contributed by atoms with Crippen molar-refractivity contribution in [2.75, 3.05) is 13.2 Å². The lowest BCUT2D eigenvalue weighted by atomic mass is 10.1. The van der Waals surface area contributed by atoms with Crippen molar-refractivity contribution < 1.29 is 18.8 Å². The van der Waals surface area contributed by atoms with Gasteiger partial charge in [-0.05, 0) is 44.0 Å². The number of nitro benzene ring substituents is 1. The lowest BCUT2D eigenvalue weighted by molar-refractivity contribution is -0.385. The second-order valence-electron chi connectivity index (χ2n) is 5.63. The summed E-state index contributed by atoms with van der Waals surface area (Å²) in [5, 5.41) is 13.5. The summed E-state index contributed by atoms with van der Waals surface area (Å²) < 4.78 is 19.3. The summed E-state index contributed by atoms with van der Waals surface area (Å²) in [6, 6.07) is 9.70. The average molecular weight is 346 g/mol. The highest BCUT2D eigenvalue weighted by atomic mass is 19.1. The highest BCUT2D eigenvalue weighted by Crippen LogP contribution is 2.22. The standard InChI is InChI=1S/C18H19FN2O4/c1-12-5-3-6-15(9-12)25-8-4-7-20-18(22)14-10-16(19)13(2)17(11-14)21(23)24/h3,5-6,9-11H,4,7-8H2,1-2H3,(H,20,22). The Morgan fingerprint density at radius 3 is 2.72 bits per heavy atom. The zero-order valence-corrected chi connectivity index (χ0v) is 14.0. The van der Waals surface area contributed by atoms with Crippen LogP contribution in [0.2, 0.25) is 0 Å². The molecule has 0 aliphatic carbocycles. The Morgan fingerprint density at radius 2 is 2.04 bits per heavy atom. The fourth-order valence-corrected chi connectivity index (χ4v) is 2.26. The minimum atomic E-state index is -0.776. The molecule has 2 aromatic carbocycles. The number of nitro groups is 1. The third-order valence-corrected chi connectivity index (χ3v) is 3.64. The number of hydrogen-bond donors (Lipinski definition) is 1. The van der Waals surface area contributed by atoms with Gasteiger partial charge in [0.2, 0.25) is 0 Å². The van der Waals surface area contributed by atoms with E-state index in [1.165, 1.54) is 6.92 Å². The predicted molar refractivity (Wildman–Crippen MR) is 91.4 cm³/mol. The molecule has 0 bridgehead atoms. The number of carbonyl (C=O) groups excluding carboxylic acids is 1. The van der Waals surface area contributed by atoms with Crippen molar-refractivity contribution in [2.45, 2.75) is 20.3 Å². The van der Waals surface area contributed by atoms with E-state index >= 15 is 0 Å². The van der Waals surface area contributed by atoms with E-state index in [2.05, 4.69) is 5.32 Å². The van der Waals surface area contributed by atoms with E-state index in [1.807, 2.05) is 31.2 Å². The van der Waals surface area contributed by atoms with Crippen LogP contribution in [0.1, 0.15) is 27.9 Å². The van der Waals surface area contributed by atoms with Crippen LogP contribution in [0.15, 0.2) is 36.4 Å². The first kappa shape index (κ1) is 18.4. The quantitative estimate of drug-likeness (QED) is 0.472. The number of benzene rings is 2. The summed E-state index contributed by atoms with van der Waals surface area (Å²) in [5.41, 5.74) is 0.518. The first-order chi connectivity index (χ1) is 11.9. The van der Waals surface area contributed by atoms with Crippen LogP contribution < -0.4 is 10.1 Å². The first-order valence-electron chi connectivity index (χ1n) is 7.80. The lowest BCUT2D eigenvalue weighted by Gasteiger charge is -2.08. The molecule has 0 unspecified atom stereocenters. The summed E-state index contributed by atoms with van der Waals surface area (Å²) in [6.07, 6.45) is 0.552. The number of nitrogens with zero attached hydrogens (tertiary/aromatic N) is 1. The van der Waals surface area contributed by atoms with Gasteiger partial charge >= 0.3 is 0 Å². The molecule has 0 saturated heterocycles. The first-order valence-corrected chi connectivity index (χ1v) is 7.80. The molecule has 132 valence electrons. The van der Waals surface area contributed by atoms with Crippen LogP contribution >= 0.6 is 0 Å². The largest absolute Gasteiger partial charge is 0.494 e. The molecule has 0 radical (unpaired) electrons. The molecule has 2 rings (SSSR count). The van der Waals surface area contributed by atoms with Gasteiger partial charge in [0.25, 0.3) is 11.6 Å². The molecule has 7 heteroatoms. The van der Waals surface area contributed by atoms with Gasteiger partial charge in [-0.1, -0.05) is 12.1 Å². The van der Waals surface area contributed by atoms with Crippen LogP contribution in [0.3, 0.4) is 0 Å². The number of rotatable bonds is 7. The number of ether oxygens (including phenoxy) is 1. The molecule has 0 spiro atoms. The maximum Gasteiger partial charge on any atom is 0.276 e. The van der Waals surface area contributed by atoms with Crippen LogP contribution in [-0.4, -0.2) is 24.0 Å². The van der Waals surface area contributed by atoms with E-state index in [4.69, 9.17) is 4.74 Å². The van der Waals surface area contributed by atoms with Crippen molar-refractivity contribution in [1.29, 1.82) is 0 Å². The van der Waals surface area contributed by atoms with Gasteiger partial charge in [0.15, 0.2) is 0 Å². The molecule has 0 aliphatic heterocycles. The predicted octanol–water partition coefficient (Wildman–Crippen LogP) is 3.55. The van der Waals surface area contributed by atoms with Gasteiger partial charge in [0, 0.05) is 18.2 Å². The van der Waals surface area contributed by atoms with E-state index < -0.39 is 22.3 Å². The minimum absolute atomic E-state index is 0.0746. The number of amides is 1. The molecule has 0 heterocycles. The number of halogens is 1. The second-order valence-corrected chi connectivity index (χ2v) is 5.63. The Morgan fingerprint density at radius 1 is 1.28 bits per heavy atom. The van der Waals surface area contributed by atoms with Crippen molar-refractivity contribution in [3.63, 3.8) is 0 Å². The zero-order valence-electron chi connectivity index (χ0n) is 14.0. The fourth-order valence-electron chi connectivity index (χ4n) is 2.26. The number of aryl methyl sites for hydroxylation is 1. The molecule has 0 fully saturated rings. The monoisotopic (exact) mass is 346 g/mol. The van der Waals surface area contributed by atoms with E-state index in [9.17, 15) is 19.3 Å². The van der Waals surface area contributed by atoms with Gasteiger partial charge in [-0.15, -0.1) is 0 Å². The van der Waals surface area contributed by atoms with Gasteiger partial charge in [-0.3, -0.25) is 14.9 Å². The van der Waals surface area contributed by atoms with Crippen LogP contribution in [0.25, 0.3) is 0 Å². The van der Waals surface area contributed by atoms with E-state index in [0.29, 0.717) is 19.6 Å². The van der Waals surface area contributed by atoms with Crippen LogP contribution in [0.4, 0.5) is 10.1 Å². The fraction of sp³-hybridized carbons (Fsp3) is 0.278. The lowest BCUT2D eigenvalue weighted by Crippen LogP contribution is -2.25. The molecule has 0 aliphatic rings. The number of hydrogen-bond acceptors (Lipinski definition) is 4. The molecule has 2 aromatic rings. The van der Waals surface area contributed by atoms with Gasteiger partial charge < -0.3 is 10.1 Å². The Balaban J connectivity index is 1.85. The van der Waals surface area contributed by atoms with E-state index in [1.54, 1.807) is 0 Å². The van der Waals surface area contributed by atoms with Crippen molar-refractivity contribution in [1.82, 2.24) is 5.32 Å². The molecule has 1 N–H and O–H groups in total. The molecular weight excluding hydrogens is 327 g/mol. The molecule has 25 heavy (non-hydrogen) atoms. The Bertz CT molecular complexity index is 793. The maximum atomic E-state index is 13.7. The number of carbonyl (C=O) groups is 1. The summed E-state index contributed by atoms with van der Waals surface area (Å²) in [6.45, 7) is 3.99. The van der Waals surface area contributed by atoms with Gasteiger partial charge in [0.05, 0.1) is 17.1 Å². The third-order valence-electron chi connectivity index (χ3n) is 3.64. The summed E-state index contributed by atoms with van der Waals surface area (Å²) >= 11 is 0. The Labute approximate surface area is 144 Å². The van der Waals surface area contributed by atoms with Crippen LogP contribution in [-0.2, 0) is 0 Å². The van der Waals surface area contributed by atoms with Gasteiger partial charge in [0.1, 0.15) is 11.6 Å². The summed E-state index contributed by atoms with van der Waals surface area (Å²) in [5.74, 6) is -0.581. The van der Waals surface area contributed by atoms with Gasteiger partial charge in [-0.2, -0.15) is 0 Å². The smallest absolute Gasteiger partial charge is 0.276 e. The second kappa shape index (κ2) is 8.23. The SMILES string of the molecule is Cc1cccc(OCCCNC(=O)c2cc(F)c(C)c([N+](=O)[O-])c2)c1. The molecule has 0 saturated carbocycles. The average Bonchev–Trinajstić information content (AvgIpc) is 2.56. The molecule has 0 aromatic heterocycles. The minimum Gasteiger partial charge on any atom is -0.494 e. The highest BCUT2D eigenvalue weighted by molar-refractivity contribution is 5.95. The van der Waals surface area contributed by atoms with Crippen molar-refractivity contribution in [3.8, 4) is 5.75 Å². The highest BCUT2D eigenvalue weighted by Gasteiger charge is 2.19. The topological polar surface area (TPSA) is 81.5 Å². The Hall–Kier alpha value is -2.96. The summed E-state index contributed by atoms with van der Waals surface area (Å²) in [4.78, 5) is 22.2. The number of nitrogens with one attached hydrogen (secondary N) is 1. The van der Waals surface area contributed by atoms with E-state index in [0.717, 1.165) is 23.4 Å². The molecular formula is C18H19FN2O4. The zero-order chi connectivity index (χ0) is 18.4. The van der Waals surface area contributed by atoms with Gasteiger partial charge in [-0.25, -0.2) is 4.39 Å². The molecule has 0 atom stereocenters. The van der Waals surface area contributed by atoms with Crippen molar-refractivity contribution >= 4 is 11.6 Å².